The van der Waals surface area contributed by atoms with E-state index in [2.05, 4.69) is 9.36 Å². The molecule has 0 aliphatic rings. The normalized spacial score (nSPS) is 10.4. The van der Waals surface area contributed by atoms with Crippen LogP contribution in [0.5, 0.6) is 0 Å². The number of hydrogen-bond acceptors (Lipinski definition) is 5. The number of carbonyl (C=O) groups is 1. The highest BCUT2D eigenvalue weighted by atomic mass is 32.2. The van der Waals surface area contributed by atoms with Crippen molar-refractivity contribution in [3.05, 3.63) is 35.2 Å². The predicted molar refractivity (Wildman–Crippen MR) is 65.3 cm³/mol. The zero-order valence-corrected chi connectivity index (χ0v) is 10.6. The SMILES string of the molecule is Cc1nsc(Sc2ccc(C=O)cc2C)n1. The molecule has 0 radical (unpaired) electrons. The topological polar surface area (TPSA) is 42.9 Å². The molecule has 1 aromatic carbocycles. The van der Waals surface area contributed by atoms with E-state index in [-0.39, 0.29) is 0 Å². The van der Waals surface area contributed by atoms with Gasteiger partial charge in [0.1, 0.15) is 12.1 Å². The van der Waals surface area contributed by atoms with E-state index in [4.69, 9.17) is 0 Å². The molecule has 82 valence electrons. The molecule has 2 rings (SSSR count). The minimum atomic E-state index is 0.704. The summed E-state index contributed by atoms with van der Waals surface area (Å²) in [6.07, 6.45) is 0.858. The molecule has 3 nitrogen and oxygen atoms in total. The van der Waals surface area contributed by atoms with Crippen molar-refractivity contribution in [2.24, 2.45) is 0 Å². The fraction of sp³-hybridized carbons (Fsp3) is 0.182. The average Bonchev–Trinajstić information content (AvgIpc) is 2.67. The number of carbonyl (C=O) groups excluding carboxylic acids is 1. The van der Waals surface area contributed by atoms with Crippen molar-refractivity contribution in [2.75, 3.05) is 0 Å². The molecule has 0 bridgehead atoms. The summed E-state index contributed by atoms with van der Waals surface area (Å²) in [6.45, 7) is 3.87. The molecule has 0 amide bonds. The maximum absolute atomic E-state index is 10.6. The Morgan fingerprint density at radius 1 is 1.38 bits per heavy atom. The van der Waals surface area contributed by atoms with Crippen LogP contribution in [-0.2, 0) is 0 Å². The van der Waals surface area contributed by atoms with E-state index in [1.165, 1.54) is 11.5 Å². The van der Waals surface area contributed by atoms with Gasteiger partial charge in [-0.25, -0.2) is 4.98 Å². The van der Waals surface area contributed by atoms with Gasteiger partial charge in [0.05, 0.1) is 0 Å². The van der Waals surface area contributed by atoms with Gasteiger partial charge in [-0.05, 0) is 43.1 Å². The van der Waals surface area contributed by atoms with Gasteiger partial charge in [0.25, 0.3) is 0 Å². The highest BCUT2D eigenvalue weighted by Gasteiger charge is 2.06. The number of hydrogen-bond donors (Lipinski definition) is 0. The number of rotatable bonds is 3. The molecule has 1 heterocycles. The zero-order valence-electron chi connectivity index (χ0n) is 8.93. The molecule has 0 atom stereocenters. The summed E-state index contributed by atoms with van der Waals surface area (Å²) in [5.74, 6) is 0.801. The van der Waals surface area contributed by atoms with Gasteiger partial charge in [-0.2, -0.15) is 4.37 Å². The monoisotopic (exact) mass is 250 g/mol. The maximum Gasteiger partial charge on any atom is 0.174 e. The van der Waals surface area contributed by atoms with E-state index in [1.54, 1.807) is 11.8 Å². The lowest BCUT2D eigenvalue weighted by Crippen LogP contribution is -1.84. The molecular formula is C11H10N2OS2. The summed E-state index contributed by atoms with van der Waals surface area (Å²) in [5.41, 5.74) is 1.79. The van der Waals surface area contributed by atoms with Crippen molar-refractivity contribution in [3.8, 4) is 0 Å². The van der Waals surface area contributed by atoms with E-state index in [0.717, 1.165) is 26.9 Å². The molecule has 0 aliphatic carbocycles. The first-order chi connectivity index (χ1) is 7.69. The van der Waals surface area contributed by atoms with Crippen LogP contribution in [0.15, 0.2) is 27.4 Å². The summed E-state index contributed by atoms with van der Waals surface area (Å²) < 4.78 is 5.06. The fourth-order valence-corrected chi connectivity index (χ4v) is 2.95. The van der Waals surface area contributed by atoms with Crippen LogP contribution >= 0.6 is 23.3 Å². The van der Waals surface area contributed by atoms with Crippen molar-refractivity contribution in [2.45, 2.75) is 23.1 Å². The van der Waals surface area contributed by atoms with Gasteiger partial charge in [-0.3, -0.25) is 4.79 Å². The summed E-state index contributed by atoms with van der Waals surface area (Å²) in [6, 6.07) is 5.64. The number of aryl methyl sites for hydroxylation is 2. The number of aromatic nitrogens is 2. The van der Waals surface area contributed by atoms with Crippen molar-refractivity contribution >= 4 is 29.6 Å². The zero-order chi connectivity index (χ0) is 11.5. The molecular weight excluding hydrogens is 240 g/mol. The first-order valence-electron chi connectivity index (χ1n) is 4.73. The van der Waals surface area contributed by atoms with Crippen LogP contribution in [0.1, 0.15) is 21.7 Å². The second-order valence-corrected chi connectivity index (χ2v) is 5.39. The smallest absolute Gasteiger partial charge is 0.174 e. The Morgan fingerprint density at radius 2 is 2.19 bits per heavy atom. The number of benzene rings is 1. The van der Waals surface area contributed by atoms with Crippen LogP contribution in [0.4, 0.5) is 0 Å². The largest absolute Gasteiger partial charge is 0.298 e. The molecule has 16 heavy (non-hydrogen) atoms. The standard InChI is InChI=1S/C11H10N2OS2/c1-7-5-9(6-14)3-4-10(7)15-11-12-8(2)13-16-11/h3-6H,1-2H3. The van der Waals surface area contributed by atoms with Gasteiger partial charge in [0.15, 0.2) is 4.34 Å². The summed E-state index contributed by atoms with van der Waals surface area (Å²) >= 11 is 2.98. The van der Waals surface area contributed by atoms with Gasteiger partial charge in [0, 0.05) is 10.5 Å². The van der Waals surface area contributed by atoms with E-state index in [0.29, 0.717) is 5.56 Å². The highest BCUT2D eigenvalue weighted by molar-refractivity contribution is 8.01. The van der Waals surface area contributed by atoms with Crippen molar-refractivity contribution in [1.82, 2.24) is 9.36 Å². The Bertz CT molecular complexity index is 522. The van der Waals surface area contributed by atoms with E-state index < -0.39 is 0 Å². The van der Waals surface area contributed by atoms with E-state index >= 15 is 0 Å². The molecule has 2 aromatic rings. The van der Waals surface area contributed by atoms with Gasteiger partial charge >= 0.3 is 0 Å². The minimum Gasteiger partial charge on any atom is -0.298 e. The van der Waals surface area contributed by atoms with E-state index in [1.807, 2.05) is 32.0 Å². The molecule has 0 saturated carbocycles. The van der Waals surface area contributed by atoms with E-state index in [9.17, 15) is 4.79 Å². The Balaban J connectivity index is 2.25. The molecule has 0 spiro atoms. The van der Waals surface area contributed by atoms with Crippen molar-refractivity contribution in [3.63, 3.8) is 0 Å². The van der Waals surface area contributed by atoms with Crippen LogP contribution in [-0.4, -0.2) is 15.6 Å². The molecule has 0 saturated heterocycles. The second-order valence-electron chi connectivity index (χ2n) is 3.35. The second kappa shape index (κ2) is 4.76. The quantitative estimate of drug-likeness (QED) is 0.785. The number of nitrogens with zero attached hydrogens (tertiary/aromatic N) is 2. The van der Waals surface area contributed by atoms with Gasteiger partial charge < -0.3 is 0 Å². The molecule has 0 unspecified atom stereocenters. The average molecular weight is 250 g/mol. The highest BCUT2D eigenvalue weighted by Crippen LogP contribution is 2.31. The van der Waals surface area contributed by atoms with Gasteiger partial charge in [-0.15, -0.1) is 0 Å². The summed E-state index contributed by atoms with van der Waals surface area (Å²) in [7, 11) is 0. The minimum absolute atomic E-state index is 0.704. The van der Waals surface area contributed by atoms with Gasteiger partial charge in [0.2, 0.25) is 0 Å². The Morgan fingerprint density at radius 3 is 2.75 bits per heavy atom. The molecule has 0 aliphatic heterocycles. The Kier molecular flexibility index (Phi) is 3.36. The molecule has 1 aromatic heterocycles. The van der Waals surface area contributed by atoms with Crippen molar-refractivity contribution in [1.29, 1.82) is 0 Å². The van der Waals surface area contributed by atoms with Crippen molar-refractivity contribution < 1.29 is 4.79 Å². The summed E-state index contributed by atoms with van der Waals surface area (Å²) in [5, 5.41) is 0. The van der Waals surface area contributed by atoms with Crippen LogP contribution in [0.2, 0.25) is 0 Å². The maximum atomic E-state index is 10.6. The third-order valence-corrected chi connectivity index (χ3v) is 4.06. The lowest BCUT2D eigenvalue weighted by molar-refractivity contribution is 0.112. The van der Waals surface area contributed by atoms with Crippen LogP contribution in [0, 0.1) is 13.8 Å². The first kappa shape index (κ1) is 11.3. The Labute approximate surface area is 102 Å². The summed E-state index contributed by atoms with van der Waals surface area (Å²) in [4.78, 5) is 16.0. The Hall–Kier alpha value is -1.20. The molecule has 0 fully saturated rings. The number of aldehydes is 1. The fourth-order valence-electron chi connectivity index (χ4n) is 1.27. The van der Waals surface area contributed by atoms with Gasteiger partial charge in [-0.1, -0.05) is 17.8 Å². The predicted octanol–water partition coefficient (Wildman–Crippen LogP) is 3.12. The van der Waals surface area contributed by atoms with Crippen LogP contribution < -0.4 is 0 Å². The first-order valence-corrected chi connectivity index (χ1v) is 6.32. The lowest BCUT2D eigenvalue weighted by atomic mass is 10.2. The van der Waals surface area contributed by atoms with Crippen LogP contribution in [0.25, 0.3) is 0 Å². The van der Waals surface area contributed by atoms with Crippen LogP contribution in [0.3, 0.4) is 0 Å². The lowest BCUT2D eigenvalue weighted by Gasteiger charge is -2.02. The third kappa shape index (κ3) is 2.48. The molecule has 5 heteroatoms. The third-order valence-electron chi connectivity index (χ3n) is 2.04. The molecule has 0 N–H and O–H groups in total.